The number of anilines is 1. The van der Waals surface area contributed by atoms with Gasteiger partial charge in [0.15, 0.2) is 0 Å². The molecular formula is C44H43NOS. The Morgan fingerprint density at radius 2 is 1.77 bits per heavy atom. The summed E-state index contributed by atoms with van der Waals surface area (Å²) in [6, 6.07) is 7.69. The third-order valence-electron chi connectivity index (χ3n) is 12.2. The van der Waals surface area contributed by atoms with E-state index in [-0.39, 0.29) is 12.1 Å². The van der Waals surface area contributed by atoms with Crippen LogP contribution in [0.3, 0.4) is 0 Å². The molecule has 1 saturated heterocycles. The minimum absolute atomic E-state index is 0.135. The van der Waals surface area contributed by atoms with Crippen LogP contribution in [0.2, 0.25) is 0 Å². The summed E-state index contributed by atoms with van der Waals surface area (Å²) >= 11 is 2.08. The minimum atomic E-state index is 0.135. The van der Waals surface area contributed by atoms with Crippen LogP contribution in [-0.2, 0) is 17.6 Å². The van der Waals surface area contributed by atoms with Crippen molar-refractivity contribution < 1.29 is 4.74 Å². The summed E-state index contributed by atoms with van der Waals surface area (Å²) in [5, 5.41) is 0. The predicted molar refractivity (Wildman–Crippen MR) is 196 cm³/mol. The second kappa shape index (κ2) is 11.4. The average Bonchev–Trinajstić information content (AvgIpc) is 3.70. The summed E-state index contributed by atoms with van der Waals surface area (Å²) < 4.78 is 6.59. The monoisotopic (exact) mass is 633 g/mol. The SMILES string of the molecule is C1=CCC(C2CC=C(N(c3ccc4c(c3)C3c5c(sc6c5CCC=C6)CCC3C=C4)C3C=C4OC5C=CC=CC5C4=CC3)CC2)C=C1. The fourth-order valence-corrected chi connectivity index (χ4v) is 11.3. The maximum atomic E-state index is 6.59. The van der Waals surface area contributed by atoms with Crippen molar-refractivity contribution in [3.63, 3.8) is 0 Å². The highest BCUT2D eigenvalue weighted by Crippen LogP contribution is 2.52. The lowest BCUT2D eigenvalue weighted by Crippen LogP contribution is -2.36. The highest BCUT2D eigenvalue weighted by Gasteiger charge is 2.40. The largest absolute Gasteiger partial charge is 0.485 e. The highest BCUT2D eigenvalue weighted by molar-refractivity contribution is 7.13. The molecule has 1 aromatic heterocycles. The lowest BCUT2D eigenvalue weighted by Gasteiger charge is -2.40. The van der Waals surface area contributed by atoms with Crippen LogP contribution in [0.25, 0.3) is 12.2 Å². The standard InChI is InChI=1S/C44H43NOS/c1-2-8-28(9-3-1)29-16-20-32(21-17-29)45(34-23-24-36-35-10-4-6-12-39(35)46-40(36)27-34)33-22-18-30-14-15-31-19-25-42-44(43(31)38(30)26-33)37-11-5-7-13-41(37)47-42/h1-4,6-8,10,12-15,18,20,22,24,26-29,31,34-35,39,43H,5,9,11,16-17,19,21,23,25H2. The van der Waals surface area contributed by atoms with Crippen molar-refractivity contribution >= 4 is 29.2 Å². The molecule has 1 aromatic carbocycles. The third-order valence-corrected chi connectivity index (χ3v) is 13.5. The van der Waals surface area contributed by atoms with Crippen LogP contribution in [0.4, 0.5) is 5.69 Å². The van der Waals surface area contributed by atoms with Gasteiger partial charge in [-0.15, -0.1) is 11.3 Å². The lowest BCUT2D eigenvalue weighted by molar-refractivity contribution is 0.183. The molecule has 7 unspecified atom stereocenters. The number of hydrogen-bond donors (Lipinski definition) is 0. The lowest BCUT2D eigenvalue weighted by atomic mass is 9.68. The van der Waals surface area contributed by atoms with Crippen molar-refractivity contribution in [1.29, 1.82) is 0 Å². The Bertz CT molecular complexity index is 1900. The molecular weight excluding hydrogens is 591 g/mol. The number of allylic oxidation sites excluding steroid dienone is 11. The Balaban J connectivity index is 1.05. The Kier molecular flexibility index (Phi) is 6.85. The van der Waals surface area contributed by atoms with Gasteiger partial charge < -0.3 is 9.64 Å². The number of benzene rings is 1. The van der Waals surface area contributed by atoms with Crippen molar-refractivity contribution in [3.05, 3.63) is 146 Å². The van der Waals surface area contributed by atoms with Crippen LogP contribution < -0.4 is 4.90 Å². The van der Waals surface area contributed by atoms with E-state index in [2.05, 4.69) is 126 Å². The van der Waals surface area contributed by atoms with Crippen LogP contribution in [0, 0.1) is 23.7 Å². The van der Waals surface area contributed by atoms with Crippen LogP contribution in [0.1, 0.15) is 82.9 Å². The van der Waals surface area contributed by atoms with E-state index in [4.69, 9.17) is 4.74 Å². The summed E-state index contributed by atoms with van der Waals surface area (Å²) in [6.45, 7) is 0. The maximum Gasteiger partial charge on any atom is 0.128 e. The molecule has 47 heavy (non-hydrogen) atoms. The van der Waals surface area contributed by atoms with Crippen molar-refractivity contribution in [2.45, 2.75) is 75.9 Å². The van der Waals surface area contributed by atoms with E-state index in [9.17, 15) is 0 Å². The maximum absolute atomic E-state index is 6.59. The number of rotatable bonds is 4. The van der Waals surface area contributed by atoms with Gasteiger partial charge in [-0.1, -0.05) is 79.0 Å². The molecule has 2 aromatic rings. The fourth-order valence-electron chi connectivity index (χ4n) is 9.91. The first-order valence-electron chi connectivity index (χ1n) is 18.2. The van der Waals surface area contributed by atoms with E-state index < -0.39 is 0 Å². The van der Waals surface area contributed by atoms with Crippen LogP contribution in [0.5, 0.6) is 0 Å². The van der Waals surface area contributed by atoms with Gasteiger partial charge >= 0.3 is 0 Å². The minimum Gasteiger partial charge on any atom is -0.485 e. The van der Waals surface area contributed by atoms with Gasteiger partial charge in [0.2, 0.25) is 0 Å². The Morgan fingerprint density at radius 1 is 0.809 bits per heavy atom. The second-order valence-corrected chi connectivity index (χ2v) is 15.9. The van der Waals surface area contributed by atoms with Gasteiger partial charge in [0.1, 0.15) is 11.9 Å². The van der Waals surface area contributed by atoms with E-state index in [1.165, 1.54) is 65.9 Å². The first kappa shape index (κ1) is 28.2. The van der Waals surface area contributed by atoms with Crippen LogP contribution >= 0.6 is 11.3 Å². The number of ether oxygens (including phenoxy) is 1. The number of fused-ring (bicyclic) bond motifs is 10. The molecule has 0 amide bonds. The first-order valence-corrected chi connectivity index (χ1v) is 19.0. The molecule has 2 nitrogen and oxygen atoms in total. The zero-order valence-electron chi connectivity index (χ0n) is 27.1. The summed E-state index contributed by atoms with van der Waals surface area (Å²) in [4.78, 5) is 5.89. The molecule has 8 aliphatic rings. The average molecular weight is 634 g/mol. The fraction of sp³-hybridized carbons (Fsp3) is 0.364. The van der Waals surface area contributed by atoms with E-state index in [0.717, 1.165) is 30.9 Å². The summed E-state index contributed by atoms with van der Waals surface area (Å²) in [5.41, 5.74) is 10.5. The van der Waals surface area contributed by atoms with Crippen LogP contribution in [0.15, 0.2) is 114 Å². The van der Waals surface area contributed by atoms with Gasteiger partial charge in [-0.3, -0.25) is 0 Å². The second-order valence-electron chi connectivity index (χ2n) is 14.8. The molecule has 10 rings (SSSR count). The molecule has 0 radical (unpaired) electrons. The van der Waals surface area contributed by atoms with E-state index in [1.807, 2.05) is 0 Å². The van der Waals surface area contributed by atoms with Crippen molar-refractivity contribution in [1.82, 2.24) is 0 Å². The first-order chi connectivity index (χ1) is 23.3. The molecule has 1 aliphatic heterocycles. The van der Waals surface area contributed by atoms with Gasteiger partial charge in [-0.25, -0.2) is 0 Å². The number of hydrogen-bond acceptors (Lipinski definition) is 3. The summed E-state index contributed by atoms with van der Waals surface area (Å²) in [7, 11) is 0. The molecule has 2 heterocycles. The zero-order chi connectivity index (χ0) is 30.9. The quantitative estimate of drug-likeness (QED) is 0.332. The number of aryl methyl sites for hydroxylation is 1. The van der Waals surface area contributed by atoms with E-state index >= 15 is 0 Å². The molecule has 0 saturated carbocycles. The normalized spacial score (nSPS) is 32.2. The predicted octanol–water partition coefficient (Wildman–Crippen LogP) is 10.8. The molecule has 236 valence electrons. The Hall–Kier alpha value is -3.82. The molecule has 7 atom stereocenters. The number of thiophene rings is 1. The Morgan fingerprint density at radius 3 is 2.68 bits per heavy atom. The van der Waals surface area contributed by atoms with Crippen LogP contribution in [-0.4, -0.2) is 12.1 Å². The molecule has 0 bridgehead atoms. The zero-order valence-corrected chi connectivity index (χ0v) is 27.9. The van der Waals surface area contributed by atoms with Crippen molar-refractivity contribution in [2.75, 3.05) is 4.90 Å². The molecule has 0 spiro atoms. The van der Waals surface area contributed by atoms with Gasteiger partial charge in [0.05, 0.1) is 6.04 Å². The van der Waals surface area contributed by atoms with Gasteiger partial charge in [-0.2, -0.15) is 0 Å². The highest BCUT2D eigenvalue weighted by atomic mass is 32.1. The molecule has 7 aliphatic carbocycles. The smallest absolute Gasteiger partial charge is 0.128 e. The Labute approximate surface area is 283 Å². The summed E-state index contributed by atoms with van der Waals surface area (Å²) in [6.07, 6.45) is 46.1. The van der Waals surface area contributed by atoms with Gasteiger partial charge in [0.25, 0.3) is 0 Å². The third kappa shape index (κ3) is 4.71. The molecule has 0 N–H and O–H groups in total. The molecule has 1 fully saturated rings. The molecule has 3 heteroatoms. The number of nitrogens with zero attached hydrogens (tertiary/aromatic N) is 1. The van der Waals surface area contributed by atoms with Crippen molar-refractivity contribution in [3.8, 4) is 0 Å². The van der Waals surface area contributed by atoms with E-state index in [0.29, 0.717) is 23.7 Å². The summed E-state index contributed by atoms with van der Waals surface area (Å²) in [5.74, 6) is 3.91. The topological polar surface area (TPSA) is 12.5 Å². The van der Waals surface area contributed by atoms with E-state index in [1.54, 1.807) is 21.6 Å². The van der Waals surface area contributed by atoms with Gasteiger partial charge in [-0.05, 0) is 128 Å². The van der Waals surface area contributed by atoms with Crippen molar-refractivity contribution in [2.24, 2.45) is 23.7 Å². The van der Waals surface area contributed by atoms with Gasteiger partial charge in [0, 0.05) is 38.5 Å².